The predicted octanol–water partition coefficient (Wildman–Crippen LogP) is -0.207. The lowest BCUT2D eigenvalue weighted by Crippen LogP contribution is -2.28. The minimum absolute atomic E-state index is 0.494. The van der Waals surface area contributed by atoms with Crippen molar-refractivity contribution in [1.29, 1.82) is 0 Å². The van der Waals surface area contributed by atoms with Gasteiger partial charge in [0.25, 0.3) is 0 Å². The summed E-state index contributed by atoms with van der Waals surface area (Å²) in [4.78, 5) is 9.68. The van der Waals surface area contributed by atoms with E-state index in [1.807, 2.05) is 0 Å². The third-order valence-electron chi connectivity index (χ3n) is 0.616. The molecule has 0 aromatic rings. The van der Waals surface area contributed by atoms with Gasteiger partial charge in [0, 0.05) is 13.2 Å². The standard InChI is InChI=1S/C5H8N2OS/c1-6-5(9)7-3-2-4-8/h2-4H,1H3,(H2,6,7,9)/b3-2-. The lowest BCUT2D eigenvalue weighted by atomic mass is 10.7. The highest BCUT2D eigenvalue weighted by Gasteiger charge is 1.80. The highest BCUT2D eigenvalue weighted by molar-refractivity contribution is 7.80. The number of carbonyl (C=O) groups excluding carboxylic acids is 1. The molecule has 0 fully saturated rings. The van der Waals surface area contributed by atoms with Gasteiger partial charge >= 0.3 is 0 Å². The van der Waals surface area contributed by atoms with E-state index in [-0.39, 0.29) is 0 Å². The van der Waals surface area contributed by atoms with E-state index in [0.717, 1.165) is 0 Å². The number of rotatable bonds is 2. The van der Waals surface area contributed by atoms with Crippen LogP contribution >= 0.6 is 12.2 Å². The average Bonchev–Trinajstić information content (AvgIpc) is 1.89. The molecule has 0 spiro atoms. The summed E-state index contributed by atoms with van der Waals surface area (Å²) in [5, 5.41) is 5.81. The average molecular weight is 144 g/mol. The molecular formula is C5H8N2OS. The van der Waals surface area contributed by atoms with Crippen LogP contribution in [0.15, 0.2) is 12.3 Å². The molecule has 0 aliphatic carbocycles. The number of carbonyl (C=O) groups is 1. The van der Waals surface area contributed by atoms with Crippen LogP contribution in [0.2, 0.25) is 0 Å². The first-order valence-corrected chi connectivity index (χ1v) is 2.80. The fourth-order valence-electron chi connectivity index (χ4n) is 0.235. The molecule has 0 amide bonds. The fraction of sp³-hybridized carbons (Fsp3) is 0.200. The third-order valence-corrected chi connectivity index (χ3v) is 0.938. The number of hydrogen-bond donors (Lipinski definition) is 2. The van der Waals surface area contributed by atoms with Crippen LogP contribution in [0.4, 0.5) is 0 Å². The molecule has 0 heterocycles. The van der Waals surface area contributed by atoms with Crippen LogP contribution in [-0.4, -0.2) is 18.4 Å². The Kier molecular flexibility index (Phi) is 4.72. The largest absolute Gasteiger partial charge is 0.366 e. The van der Waals surface area contributed by atoms with Crippen molar-refractivity contribution < 1.29 is 4.79 Å². The zero-order valence-electron chi connectivity index (χ0n) is 5.05. The molecule has 2 N–H and O–H groups in total. The van der Waals surface area contributed by atoms with Gasteiger partial charge in [0.05, 0.1) is 0 Å². The van der Waals surface area contributed by atoms with Crippen LogP contribution in [-0.2, 0) is 4.79 Å². The molecule has 0 aliphatic heterocycles. The predicted molar refractivity (Wildman–Crippen MR) is 40.0 cm³/mol. The van der Waals surface area contributed by atoms with E-state index in [1.54, 1.807) is 7.05 Å². The lowest BCUT2D eigenvalue weighted by Gasteiger charge is -1.97. The smallest absolute Gasteiger partial charge is 0.170 e. The Hall–Kier alpha value is -0.900. The highest BCUT2D eigenvalue weighted by Crippen LogP contribution is 1.63. The lowest BCUT2D eigenvalue weighted by molar-refractivity contribution is -0.104. The maximum Gasteiger partial charge on any atom is 0.170 e. The van der Waals surface area contributed by atoms with Crippen molar-refractivity contribution in [3.05, 3.63) is 12.3 Å². The molecule has 9 heavy (non-hydrogen) atoms. The molecule has 50 valence electrons. The van der Waals surface area contributed by atoms with Crippen LogP contribution in [0.5, 0.6) is 0 Å². The number of thiocarbonyl (C=S) groups is 1. The molecule has 0 radical (unpaired) electrons. The maximum atomic E-state index is 9.68. The van der Waals surface area contributed by atoms with Gasteiger partial charge in [-0.15, -0.1) is 0 Å². The van der Waals surface area contributed by atoms with E-state index in [4.69, 9.17) is 0 Å². The monoisotopic (exact) mass is 144 g/mol. The van der Waals surface area contributed by atoms with E-state index in [2.05, 4.69) is 22.9 Å². The molecule has 4 heteroatoms. The first-order chi connectivity index (χ1) is 4.31. The normalized spacial score (nSPS) is 9.00. The van der Waals surface area contributed by atoms with Crippen molar-refractivity contribution in [2.24, 2.45) is 0 Å². The van der Waals surface area contributed by atoms with E-state index >= 15 is 0 Å². The Morgan fingerprint density at radius 3 is 2.78 bits per heavy atom. The van der Waals surface area contributed by atoms with Gasteiger partial charge in [0.2, 0.25) is 0 Å². The summed E-state index contributed by atoms with van der Waals surface area (Å²) in [6.45, 7) is 0. The molecule has 0 rings (SSSR count). The summed E-state index contributed by atoms with van der Waals surface area (Å²) in [5.74, 6) is 0. The summed E-state index contributed by atoms with van der Waals surface area (Å²) < 4.78 is 0. The second kappa shape index (κ2) is 5.24. The van der Waals surface area contributed by atoms with Crippen molar-refractivity contribution in [1.82, 2.24) is 10.6 Å². The van der Waals surface area contributed by atoms with Crippen molar-refractivity contribution in [2.45, 2.75) is 0 Å². The first-order valence-electron chi connectivity index (χ1n) is 2.40. The van der Waals surface area contributed by atoms with Crippen molar-refractivity contribution in [3.8, 4) is 0 Å². The number of allylic oxidation sites excluding steroid dienone is 1. The SMILES string of the molecule is CNC(=S)N/C=C\C=O. The van der Waals surface area contributed by atoms with E-state index in [9.17, 15) is 4.79 Å². The van der Waals surface area contributed by atoms with E-state index in [0.29, 0.717) is 11.4 Å². The van der Waals surface area contributed by atoms with Crippen molar-refractivity contribution in [2.75, 3.05) is 7.05 Å². The van der Waals surface area contributed by atoms with Crippen LogP contribution in [0.1, 0.15) is 0 Å². The summed E-state index contributed by atoms with van der Waals surface area (Å²) in [5.41, 5.74) is 0. The van der Waals surface area contributed by atoms with Gasteiger partial charge in [0.15, 0.2) is 5.11 Å². The summed E-state index contributed by atoms with van der Waals surface area (Å²) in [6.07, 6.45) is 3.46. The second-order valence-electron chi connectivity index (χ2n) is 1.22. The highest BCUT2D eigenvalue weighted by atomic mass is 32.1. The van der Waals surface area contributed by atoms with Gasteiger partial charge in [-0.2, -0.15) is 0 Å². The Bertz CT molecular complexity index is 133. The minimum Gasteiger partial charge on any atom is -0.366 e. The molecule has 0 unspecified atom stereocenters. The topological polar surface area (TPSA) is 41.1 Å². The fourth-order valence-corrected chi connectivity index (χ4v) is 0.303. The van der Waals surface area contributed by atoms with Crippen molar-refractivity contribution in [3.63, 3.8) is 0 Å². The molecule has 0 atom stereocenters. The molecule has 0 aromatic heterocycles. The Labute approximate surface area is 59.1 Å². The molecule has 0 bridgehead atoms. The third kappa shape index (κ3) is 4.96. The van der Waals surface area contributed by atoms with Crippen LogP contribution < -0.4 is 10.6 Å². The van der Waals surface area contributed by atoms with Gasteiger partial charge in [-0.05, 0) is 18.3 Å². The molecule has 0 aromatic carbocycles. The molecule has 0 saturated heterocycles. The number of aldehydes is 1. The van der Waals surface area contributed by atoms with Gasteiger partial charge in [0.1, 0.15) is 6.29 Å². The van der Waals surface area contributed by atoms with Gasteiger partial charge in [-0.3, -0.25) is 4.79 Å². The molecule has 0 aliphatic rings. The Morgan fingerprint density at radius 1 is 1.67 bits per heavy atom. The summed E-state index contributed by atoms with van der Waals surface area (Å²) >= 11 is 4.68. The second-order valence-corrected chi connectivity index (χ2v) is 1.63. The summed E-state index contributed by atoms with van der Waals surface area (Å²) in [6, 6.07) is 0. The Balaban J connectivity index is 3.37. The first kappa shape index (κ1) is 8.10. The Morgan fingerprint density at radius 2 is 2.33 bits per heavy atom. The van der Waals surface area contributed by atoms with Crippen LogP contribution in [0.3, 0.4) is 0 Å². The zero-order valence-corrected chi connectivity index (χ0v) is 5.87. The van der Waals surface area contributed by atoms with E-state index < -0.39 is 0 Å². The minimum atomic E-state index is 0.494. The van der Waals surface area contributed by atoms with Gasteiger partial charge < -0.3 is 10.6 Å². The summed E-state index contributed by atoms with van der Waals surface area (Å²) in [7, 11) is 1.70. The van der Waals surface area contributed by atoms with Gasteiger partial charge in [-0.1, -0.05) is 0 Å². The maximum absolute atomic E-state index is 9.68. The van der Waals surface area contributed by atoms with Crippen LogP contribution in [0, 0.1) is 0 Å². The quantitative estimate of drug-likeness (QED) is 0.320. The van der Waals surface area contributed by atoms with Gasteiger partial charge in [-0.25, -0.2) is 0 Å². The number of nitrogens with one attached hydrogen (secondary N) is 2. The van der Waals surface area contributed by atoms with Crippen LogP contribution in [0.25, 0.3) is 0 Å². The molecule has 0 saturated carbocycles. The zero-order chi connectivity index (χ0) is 7.11. The molecular weight excluding hydrogens is 136 g/mol. The van der Waals surface area contributed by atoms with E-state index in [1.165, 1.54) is 12.3 Å². The van der Waals surface area contributed by atoms with Crippen molar-refractivity contribution >= 4 is 23.6 Å². The number of hydrogen-bond acceptors (Lipinski definition) is 2. The molecule has 3 nitrogen and oxygen atoms in total.